The van der Waals surface area contributed by atoms with Crippen molar-refractivity contribution >= 4 is 46.7 Å². The van der Waals surface area contributed by atoms with E-state index in [4.69, 9.17) is 0 Å². The predicted octanol–water partition coefficient (Wildman–Crippen LogP) is 1.15. The van der Waals surface area contributed by atoms with E-state index in [2.05, 4.69) is 10.2 Å². The van der Waals surface area contributed by atoms with Crippen molar-refractivity contribution in [2.24, 2.45) is 5.92 Å². The number of aliphatic hydroxyl groups is 1. The topological polar surface area (TPSA) is 104 Å². The zero-order valence-electron chi connectivity index (χ0n) is 11.7. The summed E-state index contributed by atoms with van der Waals surface area (Å²) in [6.07, 6.45) is -0.783. The van der Waals surface area contributed by atoms with Gasteiger partial charge in [0.25, 0.3) is 0 Å². The van der Waals surface area contributed by atoms with Gasteiger partial charge in [0, 0.05) is 10.7 Å². The molecule has 1 amide bonds. The highest BCUT2D eigenvalue weighted by atomic mass is 32.2. The van der Waals surface area contributed by atoms with Gasteiger partial charge in [-0.2, -0.15) is 0 Å². The SMILES string of the molecule is Cc1nnc(SCC2=C(C(=O)O)N3C(=O)[C@H](C(C)O)[C@H]3S2)s1. The number of nitrogens with zero attached hydrogens (tertiary/aromatic N) is 3. The molecule has 0 bridgehead atoms. The van der Waals surface area contributed by atoms with Crippen molar-refractivity contribution in [3.8, 4) is 0 Å². The second kappa shape index (κ2) is 5.84. The van der Waals surface area contributed by atoms with E-state index < -0.39 is 18.0 Å². The number of rotatable bonds is 5. The van der Waals surface area contributed by atoms with Crippen LogP contribution in [0.5, 0.6) is 0 Å². The molecule has 0 aliphatic carbocycles. The number of carboxylic acids is 1. The van der Waals surface area contributed by atoms with Gasteiger partial charge in [0.15, 0.2) is 4.34 Å². The molecule has 3 rings (SSSR count). The van der Waals surface area contributed by atoms with Crippen molar-refractivity contribution in [1.29, 1.82) is 0 Å². The number of amides is 1. The van der Waals surface area contributed by atoms with Crippen LogP contribution >= 0.6 is 34.9 Å². The maximum Gasteiger partial charge on any atom is 0.353 e. The average Bonchev–Trinajstić information content (AvgIpc) is 2.97. The van der Waals surface area contributed by atoms with Crippen molar-refractivity contribution in [1.82, 2.24) is 15.1 Å². The number of aliphatic hydroxyl groups excluding tert-OH is 1. The molecule has 1 aromatic heterocycles. The van der Waals surface area contributed by atoms with Crippen LogP contribution in [0.1, 0.15) is 11.9 Å². The lowest BCUT2D eigenvalue weighted by molar-refractivity contribution is -0.156. The molecule has 0 saturated carbocycles. The van der Waals surface area contributed by atoms with Crippen LogP contribution in [-0.4, -0.2) is 54.4 Å². The van der Waals surface area contributed by atoms with E-state index in [0.717, 1.165) is 9.35 Å². The molecule has 22 heavy (non-hydrogen) atoms. The zero-order chi connectivity index (χ0) is 16.0. The Hall–Kier alpha value is -1.10. The van der Waals surface area contributed by atoms with Gasteiger partial charge in [0.1, 0.15) is 16.1 Å². The maximum absolute atomic E-state index is 12.1. The van der Waals surface area contributed by atoms with E-state index in [9.17, 15) is 19.8 Å². The van der Waals surface area contributed by atoms with Gasteiger partial charge in [-0.3, -0.25) is 9.69 Å². The lowest BCUT2D eigenvalue weighted by atomic mass is 9.92. The minimum absolute atomic E-state index is 0.0330. The fraction of sp³-hybridized carbons (Fsp3) is 0.500. The smallest absolute Gasteiger partial charge is 0.353 e. The maximum atomic E-state index is 12.1. The van der Waals surface area contributed by atoms with E-state index in [1.54, 1.807) is 6.92 Å². The van der Waals surface area contributed by atoms with Gasteiger partial charge in [0.05, 0.1) is 12.0 Å². The second-order valence-corrected chi connectivity index (χ2v) is 8.55. The Morgan fingerprint density at radius 3 is 2.77 bits per heavy atom. The van der Waals surface area contributed by atoms with Crippen LogP contribution < -0.4 is 0 Å². The van der Waals surface area contributed by atoms with Crippen molar-refractivity contribution in [2.75, 3.05) is 5.75 Å². The van der Waals surface area contributed by atoms with Crippen LogP contribution in [0.25, 0.3) is 0 Å². The minimum Gasteiger partial charge on any atom is -0.477 e. The molecule has 2 N–H and O–H groups in total. The number of carboxylic acid groups (broad SMARTS) is 1. The van der Waals surface area contributed by atoms with E-state index in [1.165, 1.54) is 39.8 Å². The highest BCUT2D eigenvalue weighted by Crippen LogP contribution is 2.51. The van der Waals surface area contributed by atoms with Crippen LogP contribution in [0.15, 0.2) is 14.9 Å². The molecule has 1 fully saturated rings. The fourth-order valence-electron chi connectivity index (χ4n) is 2.42. The Kier molecular flexibility index (Phi) is 4.19. The summed E-state index contributed by atoms with van der Waals surface area (Å²) in [4.78, 5) is 25.4. The van der Waals surface area contributed by atoms with Gasteiger partial charge in [0.2, 0.25) is 5.91 Å². The molecule has 2 aliphatic rings. The zero-order valence-corrected chi connectivity index (χ0v) is 14.2. The number of carbonyl (C=O) groups excluding carboxylic acids is 1. The lowest BCUT2D eigenvalue weighted by Gasteiger charge is -2.43. The summed E-state index contributed by atoms with van der Waals surface area (Å²) in [7, 11) is 0. The largest absolute Gasteiger partial charge is 0.477 e. The number of β-lactam (4-membered cyclic amide) rings is 1. The van der Waals surface area contributed by atoms with E-state index >= 15 is 0 Å². The summed E-state index contributed by atoms with van der Waals surface area (Å²) >= 11 is 4.19. The number of carbonyl (C=O) groups is 2. The number of hydrogen-bond donors (Lipinski definition) is 2. The van der Waals surface area contributed by atoms with Crippen molar-refractivity contribution < 1.29 is 19.8 Å². The molecule has 3 atom stereocenters. The van der Waals surface area contributed by atoms with E-state index in [-0.39, 0.29) is 17.0 Å². The van der Waals surface area contributed by atoms with Crippen LogP contribution in [0.2, 0.25) is 0 Å². The van der Waals surface area contributed by atoms with Gasteiger partial charge < -0.3 is 10.2 Å². The number of aryl methyl sites for hydroxylation is 1. The first-order valence-corrected chi connectivity index (χ1v) is 9.15. The summed E-state index contributed by atoms with van der Waals surface area (Å²) in [6.45, 7) is 3.41. The summed E-state index contributed by atoms with van der Waals surface area (Å²) in [5.74, 6) is -1.55. The Balaban J connectivity index is 1.78. The second-order valence-electron chi connectivity index (χ2n) is 4.94. The molecule has 118 valence electrons. The quantitative estimate of drug-likeness (QED) is 0.596. The van der Waals surface area contributed by atoms with Gasteiger partial charge in [-0.25, -0.2) is 4.79 Å². The molecule has 1 aromatic rings. The summed E-state index contributed by atoms with van der Waals surface area (Å²) in [5, 5.41) is 27.5. The lowest BCUT2D eigenvalue weighted by Crippen LogP contribution is -2.60. The van der Waals surface area contributed by atoms with Crippen LogP contribution in [0, 0.1) is 12.8 Å². The summed E-state index contributed by atoms with van der Waals surface area (Å²) in [5.41, 5.74) is 0.0330. The number of fused-ring (bicyclic) bond motifs is 1. The molecule has 3 heterocycles. The van der Waals surface area contributed by atoms with E-state index in [0.29, 0.717) is 10.7 Å². The first-order valence-electron chi connectivity index (χ1n) is 6.47. The normalized spacial score (nSPS) is 25.2. The Morgan fingerprint density at radius 2 is 2.23 bits per heavy atom. The van der Waals surface area contributed by atoms with Gasteiger partial charge in [-0.05, 0) is 13.8 Å². The monoisotopic (exact) mass is 359 g/mol. The molecule has 1 unspecified atom stereocenters. The third-order valence-corrected chi connectivity index (χ3v) is 6.96. The minimum atomic E-state index is -1.11. The number of thioether (sulfide) groups is 2. The molecule has 0 spiro atoms. The fourth-order valence-corrected chi connectivity index (χ4v) is 5.94. The average molecular weight is 359 g/mol. The van der Waals surface area contributed by atoms with E-state index in [1.807, 2.05) is 6.92 Å². The molecular formula is C12H13N3O4S3. The number of aromatic nitrogens is 2. The number of aliphatic carboxylic acids is 1. The summed E-state index contributed by atoms with van der Waals surface area (Å²) in [6, 6.07) is 0. The van der Waals surface area contributed by atoms with Crippen molar-refractivity contribution in [2.45, 2.75) is 29.7 Å². The predicted molar refractivity (Wildman–Crippen MR) is 83.4 cm³/mol. The summed E-state index contributed by atoms with van der Waals surface area (Å²) < 4.78 is 0.767. The standard InChI is InChI=1S/C12H13N3O4S3/c1-4(16)7-9(17)15-8(11(18)19)6(22-10(7)15)3-20-12-14-13-5(2)21-12/h4,7,10,16H,3H2,1-2H3,(H,18,19)/t4?,7-,10+/m0/s1. The molecule has 0 radical (unpaired) electrons. The molecule has 7 nitrogen and oxygen atoms in total. The van der Waals surface area contributed by atoms with Gasteiger partial charge >= 0.3 is 5.97 Å². The molecule has 0 aromatic carbocycles. The number of hydrogen-bond acceptors (Lipinski definition) is 8. The van der Waals surface area contributed by atoms with Crippen LogP contribution in [0.3, 0.4) is 0 Å². The van der Waals surface area contributed by atoms with Crippen molar-refractivity contribution in [3.63, 3.8) is 0 Å². The molecule has 1 saturated heterocycles. The van der Waals surface area contributed by atoms with Crippen LogP contribution in [0.4, 0.5) is 0 Å². The molecule has 2 aliphatic heterocycles. The Morgan fingerprint density at radius 1 is 1.50 bits per heavy atom. The molecule has 10 heteroatoms. The van der Waals surface area contributed by atoms with Gasteiger partial charge in [-0.15, -0.1) is 22.0 Å². The third-order valence-electron chi connectivity index (χ3n) is 3.41. The highest BCUT2D eigenvalue weighted by Gasteiger charge is 2.57. The highest BCUT2D eigenvalue weighted by molar-refractivity contribution is 8.07. The van der Waals surface area contributed by atoms with Crippen molar-refractivity contribution in [3.05, 3.63) is 15.6 Å². The van der Waals surface area contributed by atoms with Crippen LogP contribution in [-0.2, 0) is 9.59 Å². The molecular weight excluding hydrogens is 346 g/mol. The Labute approximate surface area is 138 Å². The van der Waals surface area contributed by atoms with Gasteiger partial charge in [-0.1, -0.05) is 23.1 Å². The first kappa shape index (κ1) is 15.8. The Bertz CT molecular complexity index is 672. The first-order chi connectivity index (χ1) is 10.4. The third kappa shape index (κ3) is 2.53.